The Morgan fingerprint density at radius 3 is 2.43 bits per heavy atom. The largest absolute Gasteiger partial charge is 0.302 e. The number of rotatable bonds is 1. The standard InChI is InChI=1S/C4H7N3/c1-7(2)6-4-3-5/h4H,1-2H3/b6-4-. The molecule has 0 atom stereocenters. The van der Waals surface area contributed by atoms with Crippen LogP contribution < -0.4 is 0 Å². The van der Waals surface area contributed by atoms with Gasteiger partial charge in [0.05, 0.1) is 0 Å². The maximum absolute atomic E-state index is 7.89. The summed E-state index contributed by atoms with van der Waals surface area (Å²) in [6, 6.07) is 1.77. The van der Waals surface area contributed by atoms with Gasteiger partial charge in [-0.05, 0) is 0 Å². The summed E-state index contributed by atoms with van der Waals surface area (Å²) in [7, 11) is 3.52. The van der Waals surface area contributed by atoms with Crippen LogP contribution in [0.1, 0.15) is 0 Å². The summed E-state index contributed by atoms with van der Waals surface area (Å²) in [5.74, 6) is 0. The van der Waals surface area contributed by atoms with E-state index in [1.54, 1.807) is 25.2 Å². The maximum Gasteiger partial charge on any atom is 0.124 e. The summed E-state index contributed by atoms with van der Waals surface area (Å²) in [4.78, 5) is 0. The molecule has 0 N–H and O–H groups in total. The van der Waals surface area contributed by atoms with Crippen molar-refractivity contribution in [2.24, 2.45) is 5.10 Å². The van der Waals surface area contributed by atoms with Gasteiger partial charge < -0.3 is 5.01 Å². The van der Waals surface area contributed by atoms with Crippen LogP contribution in [0.4, 0.5) is 0 Å². The minimum Gasteiger partial charge on any atom is -0.302 e. The monoisotopic (exact) mass is 97.1 g/mol. The molecule has 0 radical (unpaired) electrons. The Morgan fingerprint density at radius 1 is 1.71 bits per heavy atom. The van der Waals surface area contributed by atoms with Crippen molar-refractivity contribution in [3.05, 3.63) is 0 Å². The average Bonchev–Trinajstić information content (AvgIpc) is 1.61. The molecule has 0 aliphatic carbocycles. The second-order valence-electron chi connectivity index (χ2n) is 1.22. The van der Waals surface area contributed by atoms with Gasteiger partial charge in [0.1, 0.15) is 12.3 Å². The third kappa shape index (κ3) is 4.96. The predicted octanol–water partition coefficient (Wildman–Crippen LogP) is 0.0574. The molecule has 0 fully saturated rings. The van der Waals surface area contributed by atoms with E-state index in [0.717, 1.165) is 0 Å². The summed E-state index contributed by atoms with van der Waals surface area (Å²) in [5, 5.41) is 13.0. The number of hydrogen-bond donors (Lipinski definition) is 0. The van der Waals surface area contributed by atoms with Crippen LogP contribution in [0.15, 0.2) is 5.10 Å². The molecular weight excluding hydrogens is 90.1 g/mol. The molecule has 0 amide bonds. The van der Waals surface area contributed by atoms with Crippen molar-refractivity contribution < 1.29 is 0 Å². The number of nitriles is 1. The third-order valence-corrected chi connectivity index (χ3v) is 0.346. The lowest BCUT2D eigenvalue weighted by atomic mass is 10.9. The van der Waals surface area contributed by atoms with Crippen molar-refractivity contribution in [2.75, 3.05) is 14.1 Å². The van der Waals surface area contributed by atoms with Crippen LogP contribution in [-0.4, -0.2) is 25.3 Å². The van der Waals surface area contributed by atoms with Crippen molar-refractivity contribution in [2.45, 2.75) is 0 Å². The van der Waals surface area contributed by atoms with Crippen LogP contribution in [0.3, 0.4) is 0 Å². The number of nitrogens with zero attached hydrogens (tertiary/aromatic N) is 3. The lowest BCUT2D eigenvalue weighted by Crippen LogP contribution is -2.00. The second kappa shape index (κ2) is 3.16. The Balaban J connectivity index is 3.31. The molecule has 38 valence electrons. The normalized spacial score (nSPS) is 8.71. The molecule has 0 unspecified atom stereocenters. The second-order valence-corrected chi connectivity index (χ2v) is 1.22. The summed E-state index contributed by atoms with van der Waals surface area (Å²) >= 11 is 0. The van der Waals surface area contributed by atoms with E-state index in [0.29, 0.717) is 0 Å². The van der Waals surface area contributed by atoms with E-state index in [4.69, 9.17) is 5.26 Å². The molecule has 0 heterocycles. The van der Waals surface area contributed by atoms with Crippen molar-refractivity contribution in [3.8, 4) is 6.07 Å². The lowest BCUT2D eigenvalue weighted by molar-refractivity contribution is 0.441. The summed E-state index contributed by atoms with van der Waals surface area (Å²) in [6.07, 6.45) is 1.18. The van der Waals surface area contributed by atoms with Crippen molar-refractivity contribution >= 4 is 6.21 Å². The van der Waals surface area contributed by atoms with Gasteiger partial charge in [0, 0.05) is 14.1 Å². The topological polar surface area (TPSA) is 39.4 Å². The van der Waals surface area contributed by atoms with Crippen molar-refractivity contribution in [1.82, 2.24) is 5.01 Å². The highest BCUT2D eigenvalue weighted by molar-refractivity contribution is 5.74. The van der Waals surface area contributed by atoms with Gasteiger partial charge in [-0.1, -0.05) is 0 Å². The SMILES string of the molecule is CN(C)/N=C\C#N. The molecule has 0 aromatic rings. The van der Waals surface area contributed by atoms with Crippen LogP contribution in [0.25, 0.3) is 0 Å². The van der Waals surface area contributed by atoms with E-state index in [1.165, 1.54) is 6.21 Å². The lowest BCUT2D eigenvalue weighted by Gasteiger charge is -1.98. The Labute approximate surface area is 42.9 Å². The molecular formula is C4H7N3. The first-order valence-electron chi connectivity index (χ1n) is 1.86. The highest BCUT2D eigenvalue weighted by atomic mass is 15.4. The Morgan fingerprint density at radius 2 is 2.29 bits per heavy atom. The number of hydrazone groups is 1. The van der Waals surface area contributed by atoms with Gasteiger partial charge in [0.15, 0.2) is 0 Å². The molecule has 3 heteroatoms. The first-order valence-corrected chi connectivity index (χ1v) is 1.86. The van der Waals surface area contributed by atoms with Crippen molar-refractivity contribution in [1.29, 1.82) is 5.26 Å². The zero-order chi connectivity index (χ0) is 5.70. The fourth-order valence-electron chi connectivity index (χ4n) is 0.141. The fourth-order valence-corrected chi connectivity index (χ4v) is 0.141. The van der Waals surface area contributed by atoms with Gasteiger partial charge in [-0.15, -0.1) is 0 Å². The van der Waals surface area contributed by atoms with Gasteiger partial charge in [-0.3, -0.25) is 0 Å². The van der Waals surface area contributed by atoms with Gasteiger partial charge in [-0.25, -0.2) is 0 Å². The molecule has 0 saturated carbocycles. The third-order valence-electron chi connectivity index (χ3n) is 0.346. The van der Waals surface area contributed by atoms with Crippen LogP contribution in [0.5, 0.6) is 0 Å². The van der Waals surface area contributed by atoms with Gasteiger partial charge in [0.2, 0.25) is 0 Å². The first-order chi connectivity index (χ1) is 3.27. The molecule has 0 spiro atoms. The molecule has 0 aliphatic rings. The zero-order valence-corrected chi connectivity index (χ0v) is 4.42. The smallest absolute Gasteiger partial charge is 0.124 e. The van der Waals surface area contributed by atoms with E-state index < -0.39 is 0 Å². The molecule has 0 aliphatic heterocycles. The van der Waals surface area contributed by atoms with Gasteiger partial charge >= 0.3 is 0 Å². The minimum absolute atomic E-state index is 1.18. The summed E-state index contributed by atoms with van der Waals surface area (Å²) < 4.78 is 0. The molecule has 0 rings (SSSR count). The Hall–Kier alpha value is -1.04. The Bertz CT molecular complexity index is 98.0. The molecule has 7 heavy (non-hydrogen) atoms. The van der Waals surface area contributed by atoms with Crippen LogP contribution in [0.2, 0.25) is 0 Å². The van der Waals surface area contributed by atoms with E-state index in [9.17, 15) is 0 Å². The van der Waals surface area contributed by atoms with Crippen LogP contribution >= 0.6 is 0 Å². The molecule has 0 aromatic carbocycles. The highest BCUT2D eigenvalue weighted by Gasteiger charge is 1.69. The maximum atomic E-state index is 7.89. The Kier molecular flexibility index (Phi) is 2.69. The van der Waals surface area contributed by atoms with E-state index in [-0.39, 0.29) is 0 Å². The van der Waals surface area contributed by atoms with E-state index in [2.05, 4.69) is 5.10 Å². The van der Waals surface area contributed by atoms with Gasteiger partial charge in [-0.2, -0.15) is 10.4 Å². The highest BCUT2D eigenvalue weighted by Crippen LogP contribution is 1.67. The van der Waals surface area contributed by atoms with Gasteiger partial charge in [0.25, 0.3) is 0 Å². The van der Waals surface area contributed by atoms with Crippen LogP contribution in [0, 0.1) is 11.3 Å². The molecule has 0 saturated heterocycles. The predicted molar refractivity (Wildman–Crippen MR) is 27.8 cm³/mol. The molecule has 3 nitrogen and oxygen atoms in total. The van der Waals surface area contributed by atoms with Crippen molar-refractivity contribution in [3.63, 3.8) is 0 Å². The quantitative estimate of drug-likeness (QED) is 0.343. The number of hydrogen-bond acceptors (Lipinski definition) is 3. The summed E-state index contributed by atoms with van der Waals surface area (Å²) in [6.45, 7) is 0. The van der Waals surface area contributed by atoms with E-state index >= 15 is 0 Å². The average molecular weight is 97.1 g/mol. The molecule has 0 aromatic heterocycles. The minimum atomic E-state index is 1.18. The first kappa shape index (κ1) is 5.96. The zero-order valence-electron chi connectivity index (χ0n) is 4.42. The summed E-state index contributed by atoms with van der Waals surface area (Å²) in [5.41, 5.74) is 0. The van der Waals surface area contributed by atoms with E-state index in [1.807, 2.05) is 0 Å². The molecule has 0 bridgehead atoms. The van der Waals surface area contributed by atoms with Crippen LogP contribution in [-0.2, 0) is 0 Å². The fraction of sp³-hybridized carbons (Fsp3) is 0.500.